The standard InChI is InChI=1S/C14H24N2O4/c17-13(15-5-3-1-2-4-6-15)10-16-7-8-20-11-12(16)9-14(18)19/h12H,1-11H2,(H,18,19). The molecule has 20 heavy (non-hydrogen) atoms. The second-order valence-corrected chi connectivity index (χ2v) is 5.59. The average molecular weight is 284 g/mol. The van der Waals surface area contributed by atoms with Gasteiger partial charge < -0.3 is 14.7 Å². The summed E-state index contributed by atoms with van der Waals surface area (Å²) < 4.78 is 5.33. The number of morpholine rings is 1. The first-order chi connectivity index (χ1) is 9.66. The van der Waals surface area contributed by atoms with Crippen LogP contribution in [0, 0.1) is 0 Å². The summed E-state index contributed by atoms with van der Waals surface area (Å²) in [5.74, 6) is -0.711. The molecule has 2 saturated heterocycles. The zero-order valence-corrected chi connectivity index (χ0v) is 11.9. The summed E-state index contributed by atoms with van der Waals surface area (Å²) in [6.07, 6.45) is 4.58. The van der Waals surface area contributed by atoms with E-state index in [1.165, 1.54) is 12.8 Å². The van der Waals surface area contributed by atoms with E-state index in [2.05, 4.69) is 0 Å². The second kappa shape index (κ2) is 7.59. The first kappa shape index (κ1) is 15.3. The van der Waals surface area contributed by atoms with Crippen LogP contribution in [0.25, 0.3) is 0 Å². The van der Waals surface area contributed by atoms with Gasteiger partial charge in [-0.3, -0.25) is 14.5 Å². The SMILES string of the molecule is O=C(O)CC1COCCN1CC(=O)N1CCCCCC1. The molecule has 6 heteroatoms. The third kappa shape index (κ3) is 4.45. The Kier molecular flexibility index (Phi) is 5.79. The average Bonchev–Trinajstić information content (AvgIpc) is 2.69. The van der Waals surface area contributed by atoms with E-state index in [0.717, 1.165) is 25.9 Å². The molecule has 0 spiro atoms. The maximum Gasteiger partial charge on any atom is 0.305 e. The van der Waals surface area contributed by atoms with E-state index >= 15 is 0 Å². The van der Waals surface area contributed by atoms with Gasteiger partial charge in [-0.25, -0.2) is 0 Å². The van der Waals surface area contributed by atoms with E-state index in [1.54, 1.807) is 0 Å². The highest BCUT2D eigenvalue weighted by atomic mass is 16.5. The Morgan fingerprint density at radius 3 is 2.45 bits per heavy atom. The van der Waals surface area contributed by atoms with Crippen molar-refractivity contribution in [3.8, 4) is 0 Å². The minimum atomic E-state index is -0.840. The van der Waals surface area contributed by atoms with Crippen molar-refractivity contribution < 1.29 is 19.4 Å². The monoisotopic (exact) mass is 284 g/mol. The largest absolute Gasteiger partial charge is 0.481 e. The zero-order chi connectivity index (χ0) is 14.4. The van der Waals surface area contributed by atoms with Crippen molar-refractivity contribution in [3.05, 3.63) is 0 Å². The molecule has 1 atom stereocenters. The van der Waals surface area contributed by atoms with E-state index in [4.69, 9.17) is 9.84 Å². The number of aliphatic carboxylic acids is 1. The van der Waals surface area contributed by atoms with E-state index in [-0.39, 0.29) is 18.4 Å². The van der Waals surface area contributed by atoms with Crippen LogP contribution < -0.4 is 0 Å². The minimum absolute atomic E-state index is 0.0350. The molecule has 2 rings (SSSR count). The molecule has 0 aliphatic carbocycles. The molecule has 0 bridgehead atoms. The zero-order valence-electron chi connectivity index (χ0n) is 11.9. The highest BCUT2D eigenvalue weighted by Crippen LogP contribution is 2.13. The van der Waals surface area contributed by atoms with Crippen LogP contribution in [0.3, 0.4) is 0 Å². The number of carbonyl (C=O) groups is 2. The summed E-state index contributed by atoms with van der Waals surface area (Å²) in [6.45, 7) is 3.61. The van der Waals surface area contributed by atoms with Gasteiger partial charge in [-0.1, -0.05) is 12.8 Å². The summed E-state index contributed by atoms with van der Waals surface area (Å²) in [4.78, 5) is 27.1. The Morgan fingerprint density at radius 2 is 1.80 bits per heavy atom. The number of carbonyl (C=O) groups excluding carboxylic acids is 1. The lowest BCUT2D eigenvalue weighted by molar-refractivity contribution is -0.143. The van der Waals surface area contributed by atoms with E-state index in [0.29, 0.717) is 26.3 Å². The Balaban J connectivity index is 1.88. The van der Waals surface area contributed by atoms with E-state index in [1.807, 2.05) is 9.80 Å². The third-order valence-corrected chi connectivity index (χ3v) is 4.06. The molecule has 1 amide bonds. The number of nitrogens with zero attached hydrogens (tertiary/aromatic N) is 2. The molecular formula is C14H24N2O4. The lowest BCUT2D eigenvalue weighted by Gasteiger charge is -2.35. The van der Waals surface area contributed by atoms with Crippen LogP contribution in [0.1, 0.15) is 32.1 Å². The normalized spacial score (nSPS) is 25.2. The van der Waals surface area contributed by atoms with Gasteiger partial charge in [0.25, 0.3) is 0 Å². The van der Waals surface area contributed by atoms with Crippen molar-refractivity contribution in [2.24, 2.45) is 0 Å². The van der Waals surface area contributed by atoms with Gasteiger partial charge >= 0.3 is 5.97 Å². The Hall–Kier alpha value is -1.14. The van der Waals surface area contributed by atoms with Gasteiger partial charge in [0.2, 0.25) is 5.91 Å². The molecule has 114 valence electrons. The summed E-state index contributed by atoms with van der Waals surface area (Å²) in [6, 6.07) is -0.183. The highest BCUT2D eigenvalue weighted by molar-refractivity contribution is 5.78. The number of carboxylic acid groups (broad SMARTS) is 1. The topological polar surface area (TPSA) is 70.1 Å². The Bertz CT molecular complexity index is 340. The van der Waals surface area contributed by atoms with Gasteiger partial charge in [-0.05, 0) is 12.8 Å². The quantitative estimate of drug-likeness (QED) is 0.817. The van der Waals surface area contributed by atoms with Crippen molar-refractivity contribution in [2.45, 2.75) is 38.1 Å². The van der Waals surface area contributed by atoms with Crippen LogP contribution in [0.4, 0.5) is 0 Å². The van der Waals surface area contributed by atoms with Crippen molar-refractivity contribution in [1.29, 1.82) is 0 Å². The lowest BCUT2D eigenvalue weighted by Crippen LogP contribution is -2.51. The number of hydrogen-bond donors (Lipinski definition) is 1. The van der Waals surface area contributed by atoms with E-state index < -0.39 is 5.97 Å². The molecule has 0 aromatic carbocycles. The minimum Gasteiger partial charge on any atom is -0.481 e. The van der Waals surface area contributed by atoms with Crippen LogP contribution in [0.2, 0.25) is 0 Å². The number of hydrogen-bond acceptors (Lipinski definition) is 4. The molecule has 0 radical (unpaired) electrons. The predicted molar refractivity (Wildman–Crippen MR) is 73.5 cm³/mol. The molecule has 1 N–H and O–H groups in total. The lowest BCUT2D eigenvalue weighted by atomic mass is 10.1. The van der Waals surface area contributed by atoms with Crippen LogP contribution in [-0.2, 0) is 14.3 Å². The van der Waals surface area contributed by atoms with Gasteiger partial charge in [0.15, 0.2) is 0 Å². The van der Waals surface area contributed by atoms with Gasteiger partial charge in [0.05, 0.1) is 26.2 Å². The molecule has 0 aromatic rings. The summed E-state index contributed by atoms with van der Waals surface area (Å²) in [5.41, 5.74) is 0. The highest BCUT2D eigenvalue weighted by Gasteiger charge is 2.28. The molecule has 2 fully saturated rings. The molecule has 0 aromatic heterocycles. The molecule has 1 unspecified atom stereocenters. The molecule has 2 aliphatic heterocycles. The van der Waals surface area contributed by atoms with Crippen LogP contribution in [0.15, 0.2) is 0 Å². The Morgan fingerprint density at radius 1 is 1.10 bits per heavy atom. The van der Waals surface area contributed by atoms with Gasteiger partial charge in [-0.2, -0.15) is 0 Å². The van der Waals surface area contributed by atoms with Crippen LogP contribution in [0.5, 0.6) is 0 Å². The maximum absolute atomic E-state index is 12.3. The van der Waals surface area contributed by atoms with Gasteiger partial charge in [0.1, 0.15) is 0 Å². The fourth-order valence-electron chi connectivity index (χ4n) is 2.88. The van der Waals surface area contributed by atoms with Crippen molar-refractivity contribution in [3.63, 3.8) is 0 Å². The van der Waals surface area contributed by atoms with E-state index in [9.17, 15) is 9.59 Å². The summed E-state index contributed by atoms with van der Waals surface area (Å²) in [7, 11) is 0. The van der Waals surface area contributed by atoms with Crippen molar-refractivity contribution in [2.75, 3.05) is 39.4 Å². The van der Waals surface area contributed by atoms with Gasteiger partial charge in [-0.15, -0.1) is 0 Å². The number of ether oxygens (including phenoxy) is 1. The molecule has 6 nitrogen and oxygen atoms in total. The number of amides is 1. The fraction of sp³-hybridized carbons (Fsp3) is 0.857. The fourth-order valence-corrected chi connectivity index (χ4v) is 2.88. The van der Waals surface area contributed by atoms with Crippen LogP contribution in [-0.4, -0.2) is 72.2 Å². The summed E-state index contributed by atoms with van der Waals surface area (Å²) >= 11 is 0. The third-order valence-electron chi connectivity index (χ3n) is 4.06. The predicted octanol–water partition coefficient (Wildman–Crippen LogP) is 0.564. The summed E-state index contributed by atoms with van der Waals surface area (Å²) in [5, 5.41) is 8.93. The number of rotatable bonds is 4. The van der Waals surface area contributed by atoms with Crippen molar-refractivity contribution >= 4 is 11.9 Å². The molecule has 0 saturated carbocycles. The number of likely N-dealkylation sites (tertiary alicyclic amines) is 1. The first-order valence-corrected chi connectivity index (χ1v) is 7.48. The smallest absolute Gasteiger partial charge is 0.305 e. The molecule has 2 heterocycles. The number of carboxylic acids is 1. The van der Waals surface area contributed by atoms with Crippen molar-refractivity contribution in [1.82, 2.24) is 9.80 Å². The second-order valence-electron chi connectivity index (χ2n) is 5.59. The van der Waals surface area contributed by atoms with Crippen LogP contribution >= 0.6 is 0 Å². The maximum atomic E-state index is 12.3. The molecule has 2 aliphatic rings. The molecular weight excluding hydrogens is 260 g/mol. The van der Waals surface area contributed by atoms with Gasteiger partial charge in [0, 0.05) is 25.7 Å². The first-order valence-electron chi connectivity index (χ1n) is 7.48. The Labute approximate surface area is 119 Å².